The fraction of sp³-hybridized carbons (Fsp3) is 0.105. The van der Waals surface area contributed by atoms with Crippen molar-refractivity contribution < 1.29 is 9.53 Å². The summed E-state index contributed by atoms with van der Waals surface area (Å²) < 4.78 is 6.96. The van der Waals surface area contributed by atoms with Gasteiger partial charge in [0.2, 0.25) is 0 Å². The molecular weight excluding hydrogens is 390 g/mol. The van der Waals surface area contributed by atoms with Gasteiger partial charge < -0.3 is 15.4 Å². The third-order valence-corrected chi connectivity index (χ3v) is 4.65. The molecule has 0 fully saturated rings. The summed E-state index contributed by atoms with van der Waals surface area (Å²) in [6, 6.07) is 14.7. The van der Waals surface area contributed by atoms with Gasteiger partial charge in [-0.1, -0.05) is 0 Å². The minimum Gasteiger partial charge on any atom is -0.494 e. The molecular formula is C19H17N7O2S. The van der Waals surface area contributed by atoms with Gasteiger partial charge in [-0.2, -0.15) is 0 Å². The van der Waals surface area contributed by atoms with Crippen molar-refractivity contribution in [2.75, 3.05) is 17.2 Å². The molecule has 0 saturated heterocycles. The van der Waals surface area contributed by atoms with Gasteiger partial charge in [-0.3, -0.25) is 4.79 Å². The molecule has 2 aromatic carbocycles. The smallest absolute Gasteiger partial charge is 0.275 e. The van der Waals surface area contributed by atoms with Crippen LogP contribution < -0.4 is 15.4 Å². The lowest BCUT2D eigenvalue weighted by molar-refractivity contribution is 0.102. The highest BCUT2D eigenvalue weighted by Gasteiger charge is 2.11. The Hall–Kier alpha value is -3.79. The quantitative estimate of drug-likeness (QED) is 0.483. The highest BCUT2D eigenvalue weighted by Crippen LogP contribution is 2.23. The van der Waals surface area contributed by atoms with Crippen LogP contribution in [0, 0.1) is 0 Å². The summed E-state index contributed by atoms with van der Waals surface area (Å²) in [5.74, 6) is 0.527. The van der Waals surface area contributed by atoms with Crippen molar-refractivity contribution in [3.8, 4) is 11.4 Å². The van der Waals surface area contributed by atoms with Crippen LogP contribution in [-0.2, 0) is 0 Å². The molecule has 10 heteroatoms. The number of carbonyl (C=O) groups is 1. The predicted octanol–water partition coefficient (Wildman–Crippen LogP) is 3.51. The fourth-order valence-corrected chi connectivity index (χ4v) is 3.24. The second-order valence-corrected chi connectivity index (χ2v) is 6.73. The number of anilines is 3. The normalized spacial score (nSPS) is 10.5. The number of benzene rings is 2. The Labute approximate surface area is 170 Å². The molecule has 4 aromatic rings. The van der Waals surface area contributed by atoms with Gasteiger partial charge in [0.1, 0.15) is 17.8 Å². The van der Waals surface area contributed by atoms with Crippen LogP contribution in [0.15, 0.2) is 60.2 Å². The van der Waals surface area contributed by atoms with Crippen LogP contribution >= 0.6 is 11.3 Å². The van der Waals surface area contributed by atoms with Crippen LogP contribution in [0.25, 0.3) is 5.69 Å². The van der Waals surface area contributed by atoms with E-state index in [1.54, 1.807) is 17.5 Å². The van der Waals surface area contributed by atoms with Crippen LogP contribution in [0.5, 0.6) is 5.75 Å². The van der Waals surface area contributed by atoms with Crippen molar-refractivity contribution in [1.82, 2.24) is 25.2 Å². The van der Waals surface area contributed by atoms with Gasteiger partial charge in [-0.25, -0.2) is 9.67 Å². The number of nitrogens with one attached hydrogen (secondary N) is 2. The molecule has 0 saturated carbocycles. The number of amides is 1. The van der Waals surface area contributed by atoms with E-state index in [4.69, 9.17) is 4.74 Å². The fourth-order valence-electron chi connectivity index (χ4n) is 2.53. The average Bonchev–Trinajstić information content (AvgIpc) is 3.43. The number of hydrogen-bond donors (Lipinski definition) is 2. The molecule has 2 N–H and O–H groups in total. The number of thiazole rings is 1. The molecule has 4 rings (SSSR count). The summed E-state index contributed by atoms with van der Waals surface area (Å²) >= 11 is 1.36. The van der Waals surface area contributed by atoms with Gasteiger partial charge in [-0.15, -0.1) is 16.4 Å². The summed E-state index contributed by atoms with van der Waals surface area (Å²) in [6.45, 7) is 2.56. The molecule has 0 atom stereocenters. The Kier molecular flexibility index (Phi) is 5.43. The number of tetrazole rings is 1. The summed E-state index contributed by atoms with van der Waals surface area (Å²) in [4.78, 5) is 16.8. The Morgan fingerprint density at radius 2 is 1.86 bits per heavy atom. The van der Waals surface area contributed by atoms with Crippen molar-refractivity contribution in [2.24, 2.45) is 0 Å². The first-order chi connectivity index (χ1) is 14.2. The monoisotopic (exact) mass is 407 g/mol. The second kappa shape index (κ2) is 8.48. The van der Waals surface area contributed by atoms with Gasteiger partial charge in [0.05, 0.1) is 12.3 Å². The standard InChI is InChI=1S/C19H17N7O2S/c1-2-28-16-9-5-14(6-10-16)22-19-23-17(11-29-19)18(27)21-13-3-7-15(8-4-13)26-12-20-24-25-26/h3-12H,2H2,1H3,(H,21,27)(H,22,23). The lowest BCUT2D eigenvalue weighted by atomic mass is 10.2. The highest BCUT2D eigenvalue weighted by atomic mass is 32.1. The van der Waals surface area contributed by atoms with Crippen LogP contribution in [0.3, 0.4) is 0 Å². The van der Waals surface area contributed by atoms with E-state index in [1.165, 1.54) is 22.3 Å². The number of rotatable bonds is 7. The largest absolute Gasteiger partial charge is 0.494 e. The molecule has 0 aliphatic carbocycles. The molecule has 0 aliphatic rings. The first-order valence-corrected chi connectivity index (χ1v) is 9.69. The molecule has 2 aromatic heterocycles. The second-order valence-electron chi connectivity index (χ2n) is 5.88. The van der Waals surface area contributed by atoms with Crippen molar-refractivity contribution in [3.05, 3.63) is 65.9 Å². The molecule has 9 nitrogen and oxygen atoms in total. The van der Waals surface area contributed by atoms with E-state index in [-0.39, 0.29) is 5.91 Å². The van der Waals surface area contributed by atoms with Gasteiger partial charge in [0.15, 0.2) is 5.13 Å². The molecule has 0 radical (unpaired) electrons. The summed E-state index contributed by atoms with van der Waals surface area (Å²) in [7, 11) is 0. The first-order valence-electron chi connectivity index (χ1n) is 8.81. The highest BCUT2D eigenvalue weighted by molar-refractivity contribution is 7.14. The molecule has 146 valence electrons. The van der Waals surface area contributed by atoms with Crippen LogP contribution in [0.2, 0.25) is 0 Å². The lowest BCUT2D eigenvalue weighted by Crippen LogP contribution is -2.12. The van der Waals surface area contributed by atoms with Crippen molar-refractivity contribution in [2.45, 2.75) is 6.92 Å². The average molecular weight is 407 g/mol. The van der Waals surface area contributed by atoms with Crippen LogP contribution in [0.4, 0.5) is 16.5 Å². The van der Waals surface area contributed by atoms with E-state index < -0.39 is 0 Å². The Bertz CT molecular complexity index is 1080. The molecule has 1 amide bonds. The van der Waals surface area contributed by atoms with Gasteiger partial charge in [0.25, 0.3) is 5.91 Å². The van der Waals surface area contributed by atoms with Crippen LogP contribution in [0.1, 0.15) is 17.4 Å². The van der Waals surface area contributed by atoms with Crippen molar-refractivity contribution in [1.29, 1.82) is 0 Å². The zero-order chi connectivity index (χ0) is 20.1. The zero-order valence-corrected chi connectivity index (χ0v) is 16.3. The van der Waals surface area contributed by atoms with E-state index in [2.05, 4.69) is 31.1 Å². The minimum atomic E-state index is -0.281. The lowest BCUT2D eigenvalue weighted by Gasteiger charge is -2.06. The van der Waals surface area contributed by atoms with E-state index in [0.29, 0.717) is 23.1 Å². The third-order valence-electron chi connectivity index (χ3n) is 3.89. The number of hydrogen-bond acceptors (Lipinski definition) is 8. The first kappa shape index (κ1) is 18.6. The van der Waals surface area contributed by atoms with E-state index in [9.17, 15) is 4.79 Å². The molecule has 0 bridgehead atoms. The summed E-state index contributed by atoms with van der Waals surface area (Å²) in [6.07, 6.45) is 1.50. The maximum atomic E-state index is 12.5. The van der Waals surface area contributed by atoms with Crippen molar-refractivity contribution >= 4 is 33.8 Å². The Morgan fingerprint density at radius 1 is 1.10 bits per heavy atom. The summed E-state index contributed by atoms with van der Waals surface area (Å²) in [5, 5.41) is 19.4. The Balaban J connectivity index is 1.38. The number of carbonyl (C=O) groups excluding carboxylic acids is 1. The van der Waals surface area contributed by atoms with E-state index >= 15 is 0 Å². The zero-order valence-electron chi connectivity index (χ0n) is 15.4. The van der Waals surface area contributed by atoms with E-state index in [0.717, 1.165) is 17.1 Å². The molecule has 0 unspecified atom stereocenters. The Morgan fingerprint density at radius 3 is 2.55 bits per heavy atom. The SMILES string of the molecule is CCOc1ccc(Nc2nc(C(=O)Nc3ccc(-n4cnnn4)cc3)cs2)cc1. The number of nitrogens with zero attached hydrogens (tertiary/aromatic N) is 5. The molecule has 2 heterocycles. The topological polar surface area (TPSA) is 107 Å². The maximum Gasteiger partial charge on any atom is 0.275 e. The maximum absolute atomic E-state index is 12.5. The predicted molar refractivity (Wildman–Crippen MR) is 110 cm³/mol. The number of ether oxygens (including phenoxy) is 1. The molecule has 29 heavy (non-hydrogen) atoms. The summed E-state index contributed by atoms with van der Waals surface area (Å²) in [5.41, 5.74) is 2.66. The van der Waals surface area contributed by atoms with Crippen LogP contribution in [-0.4, -0.2) is 37.7 Å². The van der Waals surface area contributed by atoms with Gasteiger partial charge in [0, 0.05) is 16.8 Å². The third kappa shape index (κ3) is 4.55. The van der Waals surface area contributed by atoms with Crippen molar-refractivity contribution in [3.63, 3.8) is 0 Å². The number of aromatic nitrogens is 5. The molecule has 0 spiro atoms. The van der Waals surface area contributed by atoms with Gasteiger partial charge in [-0.05, 0) is 65.9 Å². The molecule has 0 aliphatic heterocycles. The minimum absolute atomic E-state index is 0.281. The van der Waals surface area contributed by atoms with Gasteiger partial charge >= 0.3 is 0 Å². The van der Waals surface area contributed by atoms with E-state index in [1.807, 2.05) is 43.3 Å².